The van der Waals surface area contributed by atoms with Crippen LogP contribution in [0.25, 0.3) is 0 Å². The average molecular weight is 352 g/mol. The standard InChI is InChI=1S/C11H14BrNO5S/c1-7(6-14)5-13-19(17,18)10-3-2-8(11(15)16)4-9(10)12/h2-4,7,13-14H,5-6H2,1H3,(H,15,16). The molecule has 8 heteroatoms. The molecule has 1 aromatic rings. The molecular weight excluding hydrogens is 338 g/mol. The molecule has 1 aromatic carbocycles. The molecule has 6 nitrogen and oxygen atoms in total. The third-order valence-electron chi connectivity index (χ3n) is 2.40. The summed E-state index contributed by atoms with van der Waals surface area (Å²) in [5.41, 5.74) is -0.00505. The van der Waals surface area contributed by atoms with E-state index >= 15 is 0 Å². The van der Waals surface area contributed by atoms with Crippen LogP contribution in [0.4, 0.5) is 0 Å². The summed E-state index contributed by atoms with van der Waals surface area (Å²) in [6, 6.07) is 3.67. The quantitative estimate of drug-likeness (QED) is 0.710. The van der Waals surface area contributed by atoms with Crippen molar-refractivity contribution in [1.29, 1.82) is 0 Å². The van der Waals surface area contributed by atoms with E-state index in [0.717, 1.165) is 0 Å². The molecule has 19 heavy (non-hydrogen) atoms. The Morgan fingerprint density at radius 3 is 2.58 bits per heavy atom. The lowest BCUT2D eigenvalue weighted by Gasteiger charge is -2.11. The van der Waals surface area contributed by atoms with Crippen molar-refractivity contribution in [2.75, 3.05) is 13.2 Å². The predicted octanol–water partition coefficient (Wildman–Crippen LogP) is 1.05. The molecule has 0 aliphatic heterocycles. The Hall–Kier alpha value is -0.960. The second-order valence-corrected chi connectivity index (χ2v) is 6.68. The van der Waals surface area contributed by atoms with Crippen LogP contribution >= 0.6 is 15.9 Å². The first-order valence-electron chi connectivity index (χ1n) is 5.41. The molecule has 0 aromatic heterocycles. The van der Waals surface area contributed by atoms with Crippen molar-refractivity contribution in [1.82, 2.24) is 4.72 Å². The van der Waals surface area contributed by atoms with Crippen LogP contribution in [0.1, 0.15) is 17.3 Å². The summed E-state index contributed by atoms with van der Waals surface area (Å²) >= 11 is 3.04. The fraction of sp³-hybridized carbons (Fsp3) is 0.364. The van der Waals surface area contributed by atoms with Crippen molar-refractivity contribution in [3.63, 3.8) is 0 Å². The van der Waals surface area contributed by atoms with Crippen LogP contribution in [0.5, 0.6) is 0 Å². The Morgan fingerprint density at radius 1 is 1.47 bits per heavy atom. The van der Waals surface area contributed by atoms with Gasteiger partial charge in [0, 0.05) is 17.6 Å². The highest BCUT2D eigenvalue weighted by Crippen LogP contribution is 2.23. The maximum absolute atomic E-state index is 12.0. The number of nitrogens with one attached hydrogen (secondary N) is 1. The van der Waals surface area contributed by atoms with Crippen LogP contribution in [0.2, 0.25) is 0 Å². The number of aliphatic hydroxyl groups excluding tert-OH is 1. The highest BCUT2D eigenvalue weighted by atomic mass is 79.9. The highest BCUT2D eigenvalue weighted by Gasteiger charge is 2.19. The molecule has 0 aliphatic rings. The Labute approximate surface area is 119 Å². The first kappa shape index (κ1) is 16.1. The van der Waals surface area contributed by atoms with Crippen LogP contribution in [0.15, 0.2) is 27.6 Å². The number of aromatic carboxylic acids is 1. The molecule has 0 bridgehead atoms. The molecule has 0 amide bonds. The summed E-state index contributed by atoms with van der Waals surface area (Å²) in [6.45, 7) is 1.68. The van der Waals surface area contributed by atoms with Gasteiger partial charge < -0.3 is 10.2 Å². The highest BCUT2D eigenvalue weighted by molar-refractivity contribution is 9.10. The Bertz CT molecular complexity index is 572. The Balaban J connectivity index is 2.99. The van der Waals surface area contributed by atoms with Gasteiger partial charge in [0.25, 0.3) is 0 Å². The van der Waals surface area contributed by atoms with Crippen LogP contribution in [0, 0.1) is 5.92 Å². The van der Waals surface area contributed by atoms with E-state index in [1.807, 2.05) is 0 Å². The van der Waals surface area contributed by atoms with Crippen molar-refractivity contribution in [2.45, 2.75) is 11.8 Å². The lowest BCUT2D eigenvalue weighted by molar-refractivity contribution is 0.0696. The van der Waals surface area contributed by atoms with Gasteiger partial charge in [-0.1, -0.05) is 6.92 Å². The van der Waals surface area contributed by atoms with Gasteiger partial charge in [0.2, 0.25) is 10.0 Å². The molecular formula is C11H14BrNO5S. The number of carboxylic acids is 1. The van der Waals surface area contributed by atoms with E-state index in [1.54, 1.807) is 6.92 Å². The topological polar surface area (TPSA) is 104 Å². The second kappa shape index (κ2) is 6.47. The molecule has 0 heterocycles. The smallest absolute Gasteiger partial charge is 0.335 e. The van der Waals surface area contributed by atoms with Crippen molar-refractivity contribution in [3.8, 4) is 0 Å². The van der Waals surface area contributed by atoms with E-state index < -0.39 is 16.0 Å². The van der Waals surface area contributed by atoms with Gasteiger partial charge in [-0.15, -0.1) is 0 Å². The van der Waals surface area contributed by atoms with Gasteiger partial charge in [0.15, 0.2) is 0 Å². The minimum atomic E-state index is -3.74. The van der Waals surface area contributed by atoms with Crippen molar-refractivity contribution in [2.24, 2.45) is 5.92 Å². The summed E-state index contributed by atoms with van der Waals surface area (Å²) in [6.07, 6.45) is 0. The zero-order valence-electron chi connectivity index (χ0n) is 10.1. The van der Waals surface area contributed by atoms with Gasteiger partial charge >= 0.3 is 5.97 Å². The number of hydrogen-bond acceptors (Lipinski definition) is 4. The molecule has 0 radical (unpaired) electrons. The molecule has 3 N–H and O–H groups in total. The maximum Gasteiger partial charge on any atom is 0.335 e. The van der Waals surface area contributed by atoms with Gasteiger partial charge in [-0.25, -0.2) is 17.9 Å². The van der Waals surface area contributed by atoms with Crippen LogP contribution in [0.3, 0.4) is 0 Å². The zero-order chi connectivity index (χ0) is 14.6. The van der Waals surface area contributed by atoms with E-state index in [2.05, 4.69) is 20.7 Å². The van der Waals surface area contributed by atoms with Crippen LogP contribution in [-0.2, 0) is 10.0 Å². The van der Waals surface area contributed by atoms with Crippen LogP contribution in [-0.4, -0.2) is 37.8 Å². The molecule has 0 saturated heterocycles. The normalized spacial score (nSPS) is 13.2. The summed E-state index contributed by atoms with van der Waals surface area (Å²) in [5, 5.41) is 17.6. The van der Waals surface area contributed by atoms with Gasteiger partial charge in [-0.05, 0) is 40.0 Å². The zero-order valence-corrected chi connectivity index (χ0v) is 12.5. The number of halogens is 1. The predicted molar refractivity (Wildman–Crippen MR) is 72.5 cm³/mol. The molecule has 1 unspecified atom stereocenters. The molecule has 0 saturated carbocycles. The van der Waals surface area contributed by atoms with Crippen LogP contribution < -0.4 is 4.72 Å². The molecule has 0 aliphatic carbocycles. The Morgan fingerprint density at radius 2 is 2.11 bits per heavy atom. The number of aliphatic hydroxyl groups is 1. The third kappa shape index (κ3) is 4.27. The SMILES string of the molecule is CC(CO)CNS(=O)(=O)c1ccc(C(=O)O)cc1Br. The fourth-order valence-corrected chi connectivity index (χ4v) is 3.49. The van der Waals surface area contributed by atoms with Gasteiger partial charge in [0.1, 0.15) is 0 Å². The third-order valence-corrected chi connectivity index (χ3v) is 4.80. The average Bonchev–Trinajstić information content (AvgIpc) is 2.35. The van der Waals surface area contributed by atoms with E-state index in [4.69, 9.17) is 10.2 Å². The minimum Gasteiger partial charge on any atom is -0.478 e. The van der Waals surface area contributed by atoms with Gasteiger partial charge in [-0.3, -0.25) is 0 Å². The monoisotopic (exact) mass is 351 g/mol. The number of sulfonamides is 1. The number of carbonyl (C=O) groups is 1. The lowest BCUT2D eigenvalue weighted by Crippen LogP contribution is -2.30. The van der Waals surface area contributed by atoms with E-state index in [-0.39, 0.29) is 34.0 Å². The number of hydrogen-bond donors (Lipinski definition) is 3. The summed E-state index contributed by atoms with van der Waals surface area (Å²) in [7, 11) is -3.74. The molecule has 106 valence electrons. The summed E-state index contributed by atoms with van der Waals surface area (Å²) < 4.78 is 26.5. The number of carboxylic acid groups (broad SMARTS) is 1. The fourth-order valence-electron chi connectivity index (χ4n) is 1.25. The first-order chi connectivity index (χ1) is 8.77. The molecule has 1 atom stereocenters. The van der Waals surface area contributed by atoms with E-state index in [1.165, 1.54) is 18.2 Å². The summed E-state index contributed by atoms with van der Waals surface area (Å²) in [5.74, 6) is -1.33. The van der Waals surface area contributed by atoms with Crippen molar-refractivity contribution >= 4 is 31.9 Å². The van der Waals surface area contributed by atoms with Crippen molar-refractivity contribution < 1.29 is 23.4 Å². The summed E-state index contributed by atoms with van der Waals surface area (Å²) in [4.78, 5) is 10.7. The molecule has 0 fully saturated rings. The minimum absolute atomic E-state index is 0.00505. The Kier molecular flexibility index (Phi) is 5.48. The largest absolute Gasteiger partial charge is 0.478 e. The second-order valence-electron chi connectivity index (χ2n) is 4.09. The van der Waals surface area contributed by atoms with E-state index in [9.17, 15) is 13.2 Å². The van der Waals surface area contributed by atoms with Gasteiger partial charge in [0.05, 0.1) is 10.5 Å². The lowest BCUT2D eigenvalue weighted by atomic mass is 10.2. The van der Waals surface area contributed by atoms with Gasteiger partial charge in [-0.2, -0.15) is 0 Å². The van der Waals surface area contributed by atoms with E-state index in [0.29, 0.717) is 0 Å². The number of rotatable bonds is 6. The number of benzene rings is 1. The van der Waals surface area contributed by atoms with Crippen molar-refractivity contribution in [3.05, 3.63) is 28.2 Å². The maximum atomic E-state index is 12.0. The molecule has 0 spiro atoms. The molecule has 1 rings (SSSR count). The first-order valence-corrected chi connectivity index (χ1v) is 7.69.